The van der Waals surface area contributed by atoms with Crippen molar-refractivity contribution in [1.29, 1.82) is 0 Å². The number of halogens is 1. The van der Waals surface area contributed by atoms with Crippen molar-refractivity contribution in [3.8, 4) is 0 Å². The Bertz CT molecular complexity index is 385. The summed E-state index contributed by atoms with van der Waals surface area (Å²) in [5.41, 5.74) is 0. The molecule has 0 bridgehead atoms. The molecule has 0 radical (unpaired) electrons. The monoisotopic (exact) mass is 346 g/mol. The zero-order valence-corrected chi connectivity index (χ0v) is 13.9. The minimum absolute atomic E-state index is 0.637. The Kier molecular flexibility index (Phi) is 8.48. The van der Waals surface area contributed by atoms with Crippen LogP contribution in [-0.2, 0) is 9.47 Å². The number of anilines is 2. The third kappa shape index (κ3) is 5.60. The van der Waals surface area contributed by atoms with Crippen molar-refractivity contribution in [3.63, 3.8) is 0 Å². The molecule has 0 spiro atoms. The summed E-state index contributed by atoms with van der Waals surface area (Å²) in [4.78, 5) is 10.9. The number of hydrogen-bond donors (Lipinski definition) is 1. The molecule has 0 aliphatic heterocycles. The Hall–Kier alpha value is -0.920. The molecular formula is C13H23BrN4O2. The molecule has 114 valence electrons. The van der Waals surface area contributed by atoms with E-state index in [1.54, 1.807) is 20.4 Å². The fourth-order valence-electron chi connectivity index (χ4n) is 1.63. The summed E-state index contributed by atoms with van der Waals surface area (Å²) in [7, 11) is 3.38. The van der Waals surface area contributed by atoms with Gasteiger partial charge in [0, 0.05) is 40.1 Å². The summed E-state index contributed by atoms with van der Waals surface area (Å²) in [5, 5.41) is 3.20. The summed E-state index contributed by atoms with van der Waals surface area (Å²) in [6.45, 7) is 5.74. The van der Waals surface area contributed by atoms with E-state index in [4.69, 9.17) is 9.47 Å². The van der Waals surface area contributed by atoms with Crippen LogP contribution in [0.2, 0.25) is 0 Å². The van der Waals surface area contributed by atoms with Crippen LogP contribution in [0.15, 0.2) is 10.7 Å². The van der Waals surface area contributed by atoms with Gasteiger partial charge in [-0.3, -0.25) is 0 Å². The largest absolute Gasteiger partial charge is 0.383 e. The van der Waals surface area contributed by atoms with E-state index in [0.717, 1.165) is 36.3 Å². The molecule has 0 aliphatic carbocycles. The fraction of sp³-hybridized carbons (Fsp3) is 0.692. The van der Waals surface area contributed by atoms with Gasteiger partial charge in [-0.1, -0.05) is 6.92 Å². The van der Waals surface area contributed by atoms with Crippen molar-refractivity contribution in [1.82, 2.24) is 9.97 Å². The SMILES string of the molecule is CCCNc1ncc(Br)c(N(CCOC)CCOC)n1. The molecule has 7 heteroatoms. The lowest BCUT2D eigenvalue weighted by molar-refractivity contribution is 0.190. The standard InChI is InChI=1S/C13H23BrN4O2/c1-4-5-15-13-16-10-11(14)12(17-13)18(6-8-19-2)7-9-20-3/h10H,4-9H2,1-3H3,(H,15,16,17). The van der Waals surface area contributed by atoms with Crippen molar-refractivity contribution >= 4 is 27.7 Å². The molecule has 0 saturated heterocycles. The van der Waals surface area contributed by atoms with Crippen molar-refractivity contribution in [3.05, 3.63) is 10.7 Å². The van der Waals surface area contributed by atoms with Gasteiger partial charge >= 0.3 is 0 Å². The van der Waals surface area contributed by atoms with Crippen molar-refractivity contribution in [2.24, 2.45) is 0 Å². The van der Waals surface area contributed by atoms with E-state index in [-0.39, 0.29) is 0 Å². The van der Waals surface area contributed by atoms with E-state index in [1.807, 2.05) is 0 Å². The van der Waals surface area contributed by atoms with Gasteiger partial charge in [0.1, 0.15) is 5.82 Å². The summed E-state index contributed by atoms with van der Waals surface area (Å²) in [6, 6.07) is 0. The Morgan fingerprint density at radius 1 is 1.25 bits per heavy atom. The molecule has 1 N–H and O–H groups in total. The van der Waals surface area contributed by atoms with Crippen molar-refractivity contribution in [2.45, 2.75) is 13.3 Å². The van der Waals surface area contributed by atoms with Gasteiger partial charge in [-0.15, -0.1) is 0 Å². The predicted octanol–water partition coefficient (Wildman–Crippen LogP) is 2.16. The molecule has 0 fully saturated rings. The predicted molar refractivity (Wildman–Crippen MR) is 84.5 cm³/mol. The zero-order valence-electron chi connectivity index (χ0n) is 12.4. The molecule has 0 unspecified atom stereocenters. The lowest BCUT2D eigenvalue weighted by Crippen LogP contribution is -2.32. The van der Waals surface area contributed by atoms with E-state index in [2.05, 4.69) is 43.0 Å². The van der Waals surface area contributed by atoms with Crippen LogP contribution >= 0.6 is 15.9 Å². The molecule has 0 aliphatic rings. The third-order valence-corrected chi connectivity index (χ3v) is 3.25. The molecule has 6 nitrogen and oxygen atoms in total. The lowest BCUT2D eigenvalue weighted by Gasteiger charge is -2.24. The van der Waals surface area contributed by atoms with E-state index < -0.39 is 0 Å². The zero-order chi connectivity index (χ0) is 14.8. The summed E-state index contributed by atoms with van der Waals surface area (Å²) < 4.78 is 11.2. The lowest BCUT2D eigenvalue weighted by atomic mass is 10.4. The number of nitrogens with one attached hydrogen (secondary N) is 1. The first kappa shape index (κ1) is 17.1. The van der Waals surface area contributed by atoms with Gasteiger partial charge in [0.15, 0.2) is 0 Å². The summed E-state index contributed by atoms with van der Waals surface area (Å²) in [6.07, 6.45) is 2.80. The molecule has 20 heavy (non-hydrogen) atoms. The highest BCUT2D eigenvalue weighted by molar-refractivity contribution is 9.10. The minimum atomic E-state index is 0.637. The maximum absolute atomic E-state index is 5.15. The molecule has 1 aromatic rings. The smallest absolute Gasteiger partial charge is 0.224 e. The Morgan fingerprint density at radius 3 is 2.45 bits per heavy atom. The van der Waals surface area contributed by atoms with Gasteiger partial charge in [0.2, 0.25) is 5.95 Å². The van der Waals surface area contributed by atoms with Crippen LogP contribution in [0.5, 0.6) is 0 Å². The van der Waals surface area contributed by atoms with E-state index in [9.17, 15) is 0 Å². The topological polar surface area (TPSA) is 59.5 Å². The third-order valence-electron chi connectivity index (χ3n) is 2.69. The maximum atomic E-state index is 5.15. The number of methoxy groups -OCH3 is 2. The molecule has 0 aromatic carbocycles. The van der Waals surface area contributed by atoms with Crippen LogP contribution in [0.25, 0.3) is 0 Å². The second-order valence-electron chi connectivity index (χ2n) is 4.26. The molecule has 0 atom stereocenters. The van der Waals surface area contributed by atoms with Crippen LogP contribution < -0.4 is 10.2 Å². The fourth-order valence-corrected chi connectivity index (χ4v) is 2.07. The van der Waals surface area contributed by atoms with Crippen LogP contribution in [0.1, 0.15) is 13.3 Å². The van der Waals surface area contributed by atoms with Crippen LogP contribution in [0.4, 0.5) is 11.8 Å². The Morgan fingerprint density at radius 2 is 1.90 bits per heavy atom. The number of ether oxygens (including phenoxy) is 2. The summed E-state index contributed by atoms with van der Waals surface area (Å²) in [5.74, 6) is 1.50. The molecular weight excluding hydrogens is 324 g/mol. The average Bonchev–Trinajstić information content (AvgIpc) is 2.47. The molecule has 1 aromatic heterocycles. The highest BCUT2D eigenvalue weighted by Gasteiger charge is 2.13. The van der Waals surface area contributed by atoms with Crippen LogP contribution in [-0.4, -0.2) is 57.0 Å². The highest BCUT2D eigenvalue weighted by atomic mass is 79.9. The maximum Gasteiger partial charge on any atom is 0.224 e. The van der Waals surface area contributed by atoms with E-state index >= 15 is 0 Å². The number of hydrogen-bond acceptors (Lipinski definition) is 6. The Balaban J connectivity index is 2.85. The van der Waals surface area contributed by atoms with Gasteiger partial charge in [-0.25, -0.2) is 4.98 Å². The van der Waals surface area contributed by atoms with Gasteiger partial charge in [-0.2, -0.15) is 4.98 Å². The quantitative estimate of drug-likeness (QED) is 0.700. The second kappa shape index (κ2) is 9.90. The van der Waals surface area contributed by atoms with Crippen LogP contribution in [0, 0.1) is 0 Å². The van der Waals surface area contributed by atoms with Gasteiger partial charge in [-0.05, 0) is 22.4 Å². The molecule has 1 rings (SSSR count). The first-order valence-electron chi connectivity index (χ1n) is 6.72. The number of nitrogens with zero attached hydrogens (tertiary/aromatic N) is 3. The molecule has 0 amide bonds. The van der Waals surface area contributed by atoms with Gasteiger partial charge in [0.05, 0.1) is 17.7 Å². The first-order valence-corrected chi connectivity index (χ1v) is 7.51. The van der Waals surface area contributed by atoms with Crippen molar-refractivity contribution in [2.75, 3.05) is 57.3 Å². The van der Waals surface area contributed by atoms with Crippen molar-refractivity contribution < 1.29 is 9.47 Å². The number of aromatic nitrogens is 2. The second-order valence-corrected chi connectivity index (χ2v) is 5.12. The van der Waals surface area contributed by atoms with E-state index in [0.29, 0.717) is 19.2 Å². The molecule has 1 heterocycles. The van der Waals surface area contributed by atoms with E-state index in [1.165, 1.54) is 0 Å². The highest BCUT2D eigenvalue weighted by Crippen LogP contribution is 2.24. The van der Waals surface area contributed by atoms with Gasteiger partial charge in [0.25, 0.3) is 0 Å². The van der Waals surface area contributed by atoms with Crippen LogP contribution in [0.3, 0.4) is 0 Å². The Labute approximate surface area is 129 Å². The molecule has 0 saturated carbocycles. The number of rotatable bonds is 10. The summed E-state index contributed by atoms with van der Waals surface area (Å²) >= 11 is 3.51. The van der Waals surface area contributed by atoms with Gasteiger partial charge < -0.3 is 19.7 Å². The normalized spacial score (nSPS) is 10.6. The minimum Gasteiger partial charge on any atom is -0.383 e. The average molecular weight is 347 g/mol. The first-order chi connectivity index (χ1) is 9.72.